The minimum atomic E-state index is 0.0320. The standard InChI is InChI=1S/C9H10NO/c1-8(11)10(2)9-6-4-3-5-7-9/h3-4,6-7H,1-2H3. The Morgan fingerprint density at radius 1 is 1.64 bits per heavy atom. The zero-order valence-corrected chi connectivity index (χ0v) is 6.66. The summed E-state index contributed by atoms with van der Waals surface area (Å²) < 4.78 is 0. The van der Waals surface area contributed by atoms with E-state index in [-0.39, 0.29) is 5.91 Å². The van der Waals surface area contributed by atoms with E-state index >= 15 is 0 Å². The first-order valence-corrected chi connectivity index (χ1v) is 3.42. The van der Waals surface area contributed by atoms with Crippen LogP contribution in [0.1, 0.15) is 6.92 Å². The van der Waals surface area contributed by atoms with Crippen LogP contribution >= 0.6 is 0 Å². The van der Waals surface area contributed by atoms with E-state index in [9.17, 15) is 4.79 Å². The van der Waals surface area contributed by atoms with Gasteiger partial charge in [0.05, 0.1) is 0 Å². The molecule has 0 bridgehead atoms. The predicted molar refractivity (Wildman–Crippen MR) is 44.4 cm³/mol. The van der Waals surface area contributed by atoms with Crippen LogP contribution in [0.15, 0.2) is 24.3 Å². The lowest BCUT2D eigenvalue weighted by Gasteiger charge is -2.13. The van der Waals surface area contributed by atoms with Crippen molar-refractivity contribution in [3.8, 4) is 0 Å². The molecule has 0 atom stereocenters. The molecule has 0 saturated heterocycles. The number of hydrogen-bond donors (Lipinski definition) is 0. The maximum atomic E-state index is 10.9. The monoisotopic (exact) mass is 148 g/mol. The Labute approximate surface area is 66.4 Å². The number of anilines is 1. The van der Waals surface area contributed by atoms with E-state index < -0.39 is 0 Å². The second-order valence-electron chi connectivity index (χ2n) is 2.34. The van der Waals surface area contributed by atoms with Crippen LogP contribution in [0.5, 0.6) is 0 Å². The molecule has 0 fully saturated rings. The maximum Gasteiger partial charge on any atom is 0.223 e. The molecule has 0 spiro atoms. The van der Waals surface area contributed by atoms with E-state index in [0.29, 0.717) is 0 Å². The zero-order valence-electron chi connectivity index (χ0n) is 6.66. The van der Waals surface area contributed by atoms with Gasteiger partial charge in [-0.25, -0.2) is 0 Å². The third-order valence-corrected chi connectivity index (χ3v) is 1.55. The molecule has 0 heterocycles. The molecule has 1 aromatic carbocycles. The van der Waals surface area contributed by atoms with Crippen molar-refractivity contribution in [2.24, 2.45) is 0 Å². The first kappa shape index (κ1) is 7.79. The minimum Gasteiger partial charge on any atom is -0.316 e. The van der Waals surface area contributed by atoms with Gasteiger partial charge in [-0.15, -0.1) is 0 Å². The number of carbonyl (C=O) groups is 1. The fraction of sp³-hybridized carbons (Fsp3) is 0.222. The second-order valence-corrected chi connectivity index (χ2v) is 2.34. The first-order valence-electron chi connectivity index (χ1n) is 3.42. The van der Waals surface area contributed by atoms with Crippen LogP contribution in [0.4, 0.5) is 5.69 Å². The lowest BCUT2D eigenvalue weighted by molar-refractivity contribution is -0.116. The number of amides is 1. The average Bonchev–Trinajstić information content (AvgIpc) is 2.05. The van der Waals surface area contributed by atoms with Crippen molar-refractivity contribution in [3.63, 3.8) is 0 Å². The van der Waals surface area contributed by atoms with Crippen LogP contribution in [-0.2, 0) is 4.79 Å². The molecular formula is C9H10NO. The van der Waals surface area contributed by atoms with Gasteiger partial charge in [0.2, 0.25) is 5.91 Å². The molecule has 1 rings (SSSR count). The lowest BCUT2D eigenvalue weighted by Crippen LogP contribution is -2.22. The predicted octanol–water partition coefficient (Wildman–Crippen LogP) is 1.47. The zero-order chi connectivity index (χ0) is 8.27. The summed E-state index contributed by atoms with van der Waals surface area (Å²) in [6, 6.07) is 10.2. The van der Waals surface area contributed by atoms with Crippen molar-refractivity contribution >= 4 is 11.6 Å². The SMILES string of the molecule is CC(=O)N(C)c1c[c]ccc1. The summed E-state index contributed by atoms with van der Waals surface area (Å²) in [4.78, 5) is 12.4. The summed E-state index contributed by atoms with van der Waals surface area (Å²) in [6.07, 6.45) is 0. The summed E-state index contributed by atoms with van der Waals surface area (Å²) in [5, 5.41) is 0. The average molecular weight is 148 g/mol. The highest BCUT2D eigenvalue weighted by Crippen LogP contribution is 2.09. The molecule has 1 radical (unpaired) electrons. The molecule has 2 nitrogen and oxygen atoms in total. The molecule has 0 N–H and O–H groups in total. The third-order valence-electron chi connectivity index (χ3n) is 1.55. The molecule has 0 aliphatic heterocycles. The summed E-state index contributed by atoms with van der Waals surface area (Å²) in [5.74, 6) is 0.0320. The number of benzene rings is 1. The highest BCUT2D eigenvalue weighted by atomic mass is 16.2. The van der Waals surface area contributed by atoms with Gasteiger partial charge in [0.25, 0.3) is 0 Å². The van der Waals surface area contributed by atoms with E-state index in [0.717, 1.165) is 5.69 Å². The van der Waals surface area contributed by atoms with Gasteiger partial charge in [-0.1, -0.05) is 12.1 Å². The fourth-order valence-electron chi connectivity index (χ4n) is 0.774. The lowest BCUT2D eigenvalue weighted by atomic mass is 10.3. The van der Waals surface area contributed by atoms with E-state index in [4.69, 9.17) is 0 Å². The molecule has 0 aliphatic rings. The Hall–Kier alpha value is -1.31. The van der Waals surface area contributed by atoms with E-state index in [1.54, 1.807) is 24.1 Å². The molecule has 2 heteroatoms. The van der Waals surface area contributed by atoms with Crippen molar-refractivity contribution in [3.05, 3.63) is 30.3 Å². The van der Waals surface area contributed by atoms with Gasteiger partial charge >= 0.3 is 0 Å². The molecule has 0 aromatic heterocycles. The van der Waals surface area contributed by atoms with Crippen LogP contribution in [0, 0.1) is 6.07 Å². The summed E-state index contributed by atoms with van der Waals surface area (Å²) in [6.45, 7) is 1.53. The van der Waals surface area contributed by atoms with Crippen molar-refractivity contribution in [1.82, 2.24) is 0 Å². The van der Waals surface area contributed by atoms with Gasteiger partial charge < -0.3 is 4.90 Å². The molecule has 0 unspecified atom stereocenters. The van der Waals surface area contributed by atoms with Gasteiger partial charge in [-0.3, -0.25) is 4.79 Å². The van der Waals surface area contributed by atoms with Gasteiger partial charge in [0.15, 0.2) is 0 Å². The number of carbonyl (C=O) groups excluding carboxylic acids is 1. The molecule has 1 aromatic rings. The summed E-state index contributed by atoms with van der Waals surface area (Å²) in [7, 11) is 1.74. The Balaban J connectivity index is 2.85. The van der Waals surface area contributed by atoms with Crippen LogP contribution < -0.4 is 4.90 Å². The van der Waals surface area contributed by atoms with Gasteiger partial charge in [-0.05, 0) is 18.2 Å². The third kappa shape index (κ3) is 1.80. The largest absolute Gasteiger partial charge is 0.316 e. The van der Waals surface area contributed by atoms with E-state index in [1.807, 2.05) is 12.1 Å². The number of rotatable bonds is 1. The normalized spacial score (nSPS) is 9.27. The van der Waals surface area contributed by atoms with E-state index in [2.05, 4.69) is 6.07 Å². The Kier molecular flexibility index (Phi) is 2.26. The first-order chi connectivity index (χ1) is 5.22. The minimum absolute atomic E-state index is 0.0320. The smallest absolute Gasteiger partial charge is 0.223 e. The van der Waals surface area contributed by atoms with Crippen LogP contribution in [0.2, 0.25) is 0 Å². The molecule has 11 heavy (non-hydrogen) atoms. The Morgan fingerprint density at radius 2 is 2.36 bits per heavy atom. The Morgan fingerprint density at radius 3 is 2.82 bits per heavy atom. The molecule has 0 saturated carbocycles. The van der Waals surface area contributed by atoms with Crippen molar-refractivity contribution < 1.29 is 4.79 Å². The quantitative estimate of drug-likeness (QED) is 0.590. The molecule has 0 aliphatic carbocycles. The van der Waals surface area contributed by atoms with Gasteiger partial charge in [0, 0.05) is 19.7 Å². The van der Waals surface area contributed by atoms with Crippen molar-refractivity contribution in [2.45, 2.75) is 6.92 Å². The summed E-state index contributed by atoms with van der Waals surface area (Å²) in [5.41, 5.74) is 0.875. The van der Waals surface area contributed by atoms with Crippen LogP contribution in [0.3, 0.4) is 0 Å². The number of nitrogens with zero attached hydrogens (tertiary/aromatic N) is 1. The van der Waals surface area contributed by atoms with Crippen LogP contribution in [-0.4, -0.2) is 13.0 Å². The summed E-state index contributed by atoms with van der Waals surface area (Å²) >= 11 is 0. The highest BCUT2D eigenvalue weighted by Gasteiger charge is 2.02. The highest BCUT2D eigenvalue weighted by molar-refractivity contribution is 5.90. The van der Waals surface area contributed by atoms with Gasteiger partial charge in [0.1, 0.15) is 0 Å². The van der Waals surface area contributed by atoms with Crippen molar-refractivity contribution in [2.75, 3.05) is 11.9 Å². The molecular weight excluding hydrogens is 138 g/mol. The Bertz CT molecular complexity index is 243. The number of hydrogen-bond acceptors (Lipinski definition) is 1. The molecule has 57 valence electrons. The van der Waals surface area contributed by atoms with Crippen LogP contribution in [0.25, 0.3) is 0 Å². The van der Waals surface area contributed by atoms with E-state index in [1.165, 1.54) is 6.92 Å². The second kappa shape index (κ2) is 3.19. The topological polar surface area (TPSA) is 20.3 Å². The molecule has 1 amide bonds. The fourth-order valence-corrected chi connectivity index (χ4v) is 0.774. The maximum absolute atomic E-state index is 10.9. The van der Waals surface area contributed by atoms with Gasteiger partial charge in [-0.2, -0.15) is 0 Å². The van der Waals surface area contributed by atoms with Crippen molar-refractivity contribution in [1.29, 1.82) is 0 Å².